The van der Waals surface area contributed by atoms with Crippen LogP contribution in [0.3, 0.4) is 0 Å². The molecule has 0 atom stereocenters. The molecule has 31 heavy (non-hydrogen) atoms. The molecule has 158 valence electrons. The van der Waals surface area contributed by atoms with Crippen molar-refractivity contribution in [3.05, 3.63) is 82.2 Å². The Morgan fingerprint density at radius 1 is 1.13 bits per heavy atom. The minimum Gasteiger partial charge on any atom is -0.467 e. The third-order valence-electron chi connectivity index (χ3n) is 4.46. The number of rotatable bonds is 7. The predicted molar refractivity (Wildman–Crippen MR) is 124 cm³/mol. The van der Waals surface area contributed by atoms with Gasteiger partial charge < -0.3 is 9.73 Å². The Morgan fingerprint density at radius 3 is 2.68 bits per heavy atom. The molecule has 6 nitrogen and oxygen atoms in total. The number of aryl methyl sites for hydroxylation is 1. The lowest BCUT2D eigenvalue weighted by molar-refractivity contribution is -0.113. The van der Waals surface area contributed by atoms with Gasteiger partial charge in [0.2, 0.25) is 5.91 Å². The van der Waals surface area contributed by atoms with Gasteiger partial charge in [0.25, 0.3) is 0 Å². The average molecular weight is 473 g/mol. The summed E-state index contributed by atoms with van der Waals surface area (Å²) in [5.74, 6) is 1.38. The highest BCUT2D eigenvalue weighted by molar-refractivity contribution is 7.99. The van der Waals surface area contributed by atoms with Gasteiger partial charge in [0.1, 0.15) is 5.76 Å². The SMILES string of the molecule is Cc1ccc(-c2nnc(SCC(=O)Nc3cc(Cl)ccc3Cl)n2Cc2ccco2)cc1. The molecule has 0 bridgehead atoms. The summed E-state index contributed by atoms with van der Waals surface area (Å²) < 4.78 is 7.45. The molecule has 0 spiro atoms. The first kappa shape index (κ1) is 21.5. The molecule has 0 saturated carbocycles. The summed E-state index contributed by atoms with van der Waals surface area (Å²) in [5, 5.41) is 13.0. The van der Waals surface area contributed by atoms with Gasteiger partial charge in [-0.1, -0.05) is 64.8 Å². The molecule has 2 aromatic heterocycles. The zero-order valence-electron chi connectivity index (χ0n) is 16.5. The van der Waals surface area contributed by atoms with E-state index in [0.29, 0.717) is 33.3 Å². The number of carbonyl (C=O) groups excluding carboxylic acids is 1. The van der Waals surface area contributed by atoms with Gasteiger partial charge in [0.15, 0.2) is 11.0 Å². The first-order valence-electron chi connectivity index (χ1n) is 9.40. The van der Waals surface area contributed by atoms with Gasteiger partial charge in [-0.05, 0) is 37.3 Å². The third kappa shape index (κ3) is 5.31. The fourth-order valence-corrected chi connectivity index (χ4v) is 4.00. The summed E-state index contributed by atoms with van der Waals surface area (Å²) in [7, 11) is 0. The van der Waals surface area contributed by atoms with Crippen LogP contribution in [0, 0.1) is 6.92 Å². The second-order valence-electron chi connectivity index (χ2n) is 6.80. The van der Waals surface area contributed by atoms with E-state index in [1.165, 1.54) is 11.8 Å². The van der Waals surface area contributed by atoms with Crippen LogP contribution < -0.4 is 5.32 Å². The highest BCUT2D eigenvalue weighted by Gasteiger charge is 2.17. The summed E-state index contributed by atoms with van der Waals surface area (Å²) >= 11 is 13.4. The van der Waals surface area contributed by atoms with Crippen LogP contribution in [0.25, 0.3) is 11.4 Å². The van der Waals surface area contributed by atoms with Crippen LogP contribution >= 0.6 is 35.0 Å². The van der Waals surface area contributed by atoms with Gasteiger partial charge in [0, 0.05) is 10.6 Å². The fraction of sp³-hybridized carbons (Fsp3) is 0.136. The van der Waals surface area contributed by atoms with Crippen LogP contribution in [0.2, 0.25) is 10.0 Å². The van der Waals surface area contributed by atoms with Gasteiger partial charge >= 0.3 is 0 Å². The fourth-order valence-electron chi connectivity index (χ4n) is 2.92. The average Bonchev–Trinajstić information content (AvgIpc) is 3.40. The largest absolute Gasteiger partial charge is 0.467 e. The number of nitrogens with one attached hydrogen (secondary N) is 1. The van der Waals surface area contributed by atoms with E-state index in [0.717, 1.165) is 16.9 Å². The number of furan rings is 1. The van der Waals surface area contributed by atoms with Crippen molar-refractivity contribution < 1.29 is 9.21 Å². The second-order valence-corrected chi connectivity index (χ2v) is 8.58. The Bertz CT molecular complexity index is 1190. The zero-order valence-corrected chi connectivity index (χ0v) is 18.8. The molecule has 0 unspecified atom stereocenters. The van der Waals surface area contributed by atoms with Gasteiger partial charge in [-0.2, -0.15) is 0 Å². The number of amides is 1. The van der Waals surface area contributed by atoms with Gasteiger partial charge in [-0.3, -0.25) is 9.36 Å². The Kier molecular flexibility index (Phi) is 6.65. The number of thioether (sulfide) groups is 1. The van der Waals surface area contributed by atoms with Gasteiger partial charge in [-0.25, -0.2) is 0 Å². The lowest BCUT2D eigenvalue weighted by Crippen LogP contribution is -2.15. The van der Waals surface area contributed by atoms with Crippen LogP contribution in [0.4, 0.5) is 5.69 Å². The van der Waals surface area contributed by atoms with Crippen molar-refractivity contribution in [3.63, 3.8) is 0 Å². The Labute approximate surface area is 193 Å². The van der Waals surface area contributed by atoms with Crippen molar-refractivity contribution in [3.8, 4) is 11.4 Å². The number of hydrogen-bond acceptors (Lipinski definition) is 5. The first-order chi connectivity index (χ1) is 15.0. The summed E-state index contributed by atoms with van der Waals surface area (Å²) in [6.45, 7) is 2.48. The van der Waals surface area contributed by atoms with E-state index in [-0.39, 0.29) is 11.7 Å². The topological polar surface area (TPSA) is 73.0 Å². The standard InChI is InChI=1S/C22H18Cl2N4O2S/c1-14-4-6-15(7-5-14)21-26-27-22(28(21)12-17-3-2-10-30-17)31-13-20(29)25-19-11-16(23)8-9-18(19)24/h2-11H,12-13H2,1H3,(H,25,29). The zero-order chi connectivity index (χ0) is 21.8. The Morgan fingerprint density at radius 2 is 1.94 bits per heavy atom. The van der Waals surface area contributed by atoms with Crippen LogP contribution in [0.5, 0.6) is 0 Å². The first-order valence-corrected chi connectivity index (χ1v) is 11.1. The summed E-state index contributed by atoms with van der Waals surface area (Å²) in [4.78, 5) is 12.5. The van der Waals surface area contributed by atoms with E-state index >= 15 is 0 Å². The molecule has 2 aromatic carbocycles. The smallest absolute Gasteiger partial charge is 0.234 e. The molecule has 0 radical (unpaired) electrons. The molecular weight excluding hydrogens is 455 g/mol. The molecule has 1 amide bonds. The van der Waals surface area contributed by atoms with Crippen LogP contribution in [-0.2, 0) is 11.3 Å². The highest BCUT2D eigenvalue weighted by atomic mass is 35.5. The lowest BCUT2D eigenvalue weighted by Gasteiger charge is -2.10. The maximum atomic E-state index is 12.5. The minimum atomic E-state index is -0.224. The molecule has 4 rings (SSSR count). The van der Waals surface area contributed by atoms with E-state index < -0.39 is 0 Å². The Balaban J connectivity index is 1.54. The van der Waals surface area contributed by atoms with E-state index in [9.17, 15) is 4.79 Å². The van der Waals surface area contributed by atoms with Crippen molar-refractivity contribution in [2.45, 2.75) is 18.6 Å². The lowest BCUT2D eigenvalue weighted by atomic mass is 10.1. The molecule has 0 aliphatic heterocycles. The molecule has 4 aromatic rings. The van der Waals surface area contributed by atoms with E-state index in [1.54, 1.807) is 24.5 Å². The Hall–Kier alpha value is -2.74. The maximum absolute atomic E-state index is 12.5. The van der Waals surface area contributed by atoms with Crippen LogP contribution in [-0.4, -0.2) is 26.4 Å². The predicted octanol–water partition coefficient (Wildman–Crippen LogP) is 5.93. The monoisotopic (exact) mass is 472 g/mol. The number of anilines is 1. The van der Waals surface area contributed by atoms with Crippen LogP contribution in [0.15, 0.2) is 70.4 Å². The molecule has 0 saturated heterocycles. The van der Waals surface area contributed by atoms with E-state index in [4.69, 9.17) is 27.6 Å². The molecular formula is C22H18Cl2N4O2S. The quantitative estimate of drug-likeness (QED) is 0.337. The third-order valence-corrected chi connectivity index (χ3v) is 5.99. The number of carbonyl (C=O) groups is 1. The second kappa shape index (κ2) is 9.60. The number of halogens is 2. The van der Waals surface area contributed by atoms with Crippen LogP contribution in [0.1, 0.15) is 11.3 Å². The number of nitrogens with zero attached hydrogens (tertiary/aromatic N) is 3. The van der Waals surface area contributed by atoms with Gasteiger partial charge in [-0.15, -0.1) is 10.2 Å². The van der Waals surface area contributed by atoms with Crippen molar-refractivity contribution in [1.29, 1.82) is 0 Å². The van der Waals surface area contributed by atoms with Crippen molar-refractivity contribution in [2.24, 2.45) is 0 Å². The number of hydrogen-bond donors (Lipinski definition) is 1. The molecule has 0 fully saturated rings. The van der Waals surface area contributed by atoms with Crippen molar-refractivity contribution >= 4 is 46.6 Å². The van der Waals surface area contributed by atoms with Crippen molar-refractivity contribution in [2.75, 3.05) is 11.1 Å². The summed E-state index contributed by atoms with van der Waals surface area (Å²) in [5.41, 5.74) is 2.57. The summed E-state index contributed by atoms with van der Waals surface area (Å²) in [6.07, 6.45) is 1.63. The van der Waals surface area contributed by atoms with Gasteiger partial charge in [0.05, 0.1) is 29.3 Å². The molecule has 1 N–H and O–H groups in total. The number of aromatic nitrogens is 3. The molecule has 0 aliphatic rings. The summed E-state index contributed by atoms with van der Waals surface area (Å²) in [6, 6.07) is 16.7. The van der Waals surface area contributed by atoms with E-state index in [2.05, 4.69) is 15.5 Å². The maximum Gasteiger partial charge on any atom is 0.234 e. The molecule has 9 heteroatoms. The normalized spacial score (nSPS) is 10.9. The molecule has 0 aliphatic carbocycles. The highest BCUT2D eigenvalue weighted by Crippen LogP contribution is 2.28. The van der Waals surface area contributed by atoms with Crippen molar-refractivity contribution in [1.82, 2.24) is 14.8 Å². The minimum absolute atomic E-state index is 0.132. The molecule has 2 heterocycles. The van der Waals surface area contributed by atoms with E-state index in [1.807, 2.05) is 47.9 Å². The number of benzene rings is 2.